The van der Waals surface area contributed by atoms with E-state index in [1.165, 1.54) is 6.42 Å². The average molecular weight is 281 g/mol. The van der Waals surface area contributed by atoms with Crippen molar-refractivity contribution in [2.24, 2.45) is 5.92 Å². The number of rotatable bonds is 1. The summed E-state index contributed by atoms with van der Waals surface area (Å²) >= 11 is 0. The normalized spacial score (nSPS) is 8.00. The van der Waals surface area contributed by atoms with Crippen LogP contribution in [0.3, 0.4) is 0 Å². The molecule has 0 spiro atoms. The van der Waals surface area contributed by atoms with Gasteiger partial charge in [0.2, 0.25) is 0 Å². The van der Waals surface area contributed by atoms with Crippen molar-refractivity contribution in [2.45, 2.75) is 27.2 Å². The van der Waals surface area contributed by atoms with Crippen molar-refractivity contribution < 1.29 is 0 Å². The Balaban J connectivity index is 0. The Hall–Kier alpha value is 0.922. The SMILES string of the molecule is CCC(C)C.[PbH2]. The van der Waals surface area contributed by atoms with Gasteiger partial charge in [0.05, 0.1) is 0 Å². The fraction of sp³-hybridized carbons (Fsp3) is 1.00. The molecule has 0 rings (SSSR count). The van der Waals surface area contributed by atoms with Gasteiger partial charge in [-0.3, -0.25) is 0 Å². The summed E-state index contributed by atoms with van der Waals surface area (Å²) in [6, 6.07) is 0. The van der Waals surface area contributed by atoms with Crippen LogP contribution in [0.15, 0.2) is 0 Å². The van der Waals surface area contributed by atoms with Crippen LogP contribution in [0, 0.1) is 5.92 Å². The predicted molar refractivity (Wildman–Crippen MR) is 33.7 cm³/mol. The van der Waals surface area contributed by atoms with E-state index in [0.29, 0.717) is 0 Å². The van der Waals surface area contributed by atoms with Crippen molar-refractivity contribution in [1.29, 1.82) is 0 Å². The van der Waals surface area contributed by atoms with E-state index in [4.69, 9.17) is 0 Å². The van der Waals surface area contributed by atoms with Gasteiger partial charge in [0.25, 0.3) is 0 Å². The molecule has 0 saturated carbocycles. The molecule has 2 radical (unpaired) electrons. The van der Waals surface area contributed by atoms with E-state index in [0.717, 1.165) is 5.92 Å². The molecule has 0 heterocycles. The molecule has 0 aromatic rings. The zero-order valence-electron chi connectivity index (χ0n) is 4.99. The topological polar surface area (TPSA) is 0 Å². The Morgan fingerprint density at radius 1 is 1.33 bits per heavy atom. The van der Waals surface area contributed by atoms with Gasteiger partial charge in [-0.25, -0.2) is 0 Å². The van der Waals surface area contributed by atoms with Crippen molar-refractivity contribution in [2.75, 3.05) is 0 Å². The van der Waals surface area contributed by atoms with Crippen LogP contribution >= 0.6 is 0 Å². The zero-order valence-corrected chi connectivity index (χ0v) is 10.5. The molecule has 1 heteroatoms. The van der Waals surface area contributed by atoms with Crippen molar-refractivity contribution >= 4 is 27.3 Å². The molecule has 0 bridgehead atoms. The molecule has 0 saturated heterocycles. The van der Waals surface area contributed by atoms with Gasteiger partial charge in [0.1, 0.15) is 0 Å². The molecule has 0 atom stereocenters. The third-order valence-corrected chi connectivity index (χ3v) is 0.816. The Kier molecular flexibility index (Phi) is 9.89. The summed E-state index contributed by atoms with van der Waals surface area (Å²) in [6.45, 7) is 6.64. The second-order valence-corrected chi connectivity index (χ2v) is 1.80. The minimum atomic E-state index is 0. The van der Waals surface area contributed by atoms with Gasteiger partial charge in [-0.05, 0) is 5.92 Å². The summed E-state index contributed by atoms with van der Waals surface area (Å²) in [5.41, 5.74) is 0. The molecule has 0 aliphatic carbocycles. The van der Waals surface area contributed by atoms with Crippen LogP contribution < -0.4 is 0 Å². The van der Waals surface area contributed by atoms with Gasteiger partial charge in [0, 0.05) is 0 Å². The van der Waals surface area contributed by atoms with Gasteiger partial charge >= 0.3 is 27.3 Å². The van der Waals surface area contributed by atoms with Crippen molar-refractivity contribution in [3.63, 3.8) is 0 Å². The molecule has 38 valence electrons. The van der Waals surface area contributed by atoms with Gasteiger partial charge in [-0.1, -0.05) is 27.2 Å². The molecule has 0 aliphatic rings. The maximum absolute atomic E-state index is 2.22. The second kappa shape index (κ2) is 5.92. The van der Waals surface area contributed by atoms with Crippen LogP contribution in [0.4, 0.5) is 0 Å². The van der Waals surface area contributed by atoms with Crippen LogP contribution in [0.2, 0.25) is 0 Å². The van der Waals surface area contributed by atoms with Crippen molar-refractivity contribution in [1.82, 2.24) is 0 Å². The standard InChI is InChI=1S/C5H12.Pb.2H/c1-4-5(2)3;;;/h5H,4H2,1-3H3;;;. The van der Waals surface area contributed by atoms with E-state index in [9.17, 15) is 0 Å². The monoisotopic (exact) mass is 282 g/mol. The molecule has 0 aliphatic heterocycles. The van der Waals surface area contributed by atoms with Crippen LogP contribution in [-0.2, 0) is 0 Å². The Morgan fingerprint density at radius 2 is 1.50 bits per heavy atom. The summed E-state index contributed by atoms with van der Waals surface area (Å²) in [5, 5.41) is 0. The van der Waals surface area contributed by atoms with Crippen LogP contribution in [-0.4, -0.2) is 27.3 Å². The first-order valence-electron chi connectivity index (χ1n) is 2.27. The molecule has 6 heavy (non-hydrogen) atoms. The summed E-state index contributed by atoms with van der Waals surface area (Å²) in [6.07, 6.45) is 1.31. The summed E-state index contributed by atoms with van der Waals surface area (Å²) in [7, 11) is 0. The van der Waals surface area contributed by atoms with Crippen molar-refractivity contribution in [3.05, 3.63) is 0 Å². The number of hydrogen-bond acceptors (Lipinski definition) is 0. The number of hydrogen-bond donors (Lipinski definition) is 0. The zero-order chi connectivity index (χ0) is 4.28. The molecule has 0 N–H and O–H groups in total. The Labute approximate surface area is 60.5 Å². The van der Waals surface area contributed by atoms with Crippen LogP contribution in [0.25, 0.3) is 0 Å². The van der Waals surface area contributed by atoms with E-state index < -0.39 is 0 Å². The summed E-state index contributed by atoms with van der Waals surface area (Å²) in [4.78, 5) is 0. The molecular formula is C5H14Pb. The second-order valence-electron chi connectivity index (χ2n) is 1.80. The Bertz CT molecular complexity index is 17.9. The quantitative estimate of drug-likeness (QED) is 0.632. The van der Waals surface area contributed by atoms with Gasteiger partial charge in [-0.2, -0.15) is 0 Å². The third kappa shape index (κ3) is 8.87. The summed E-state index contributed by atoms with van der Waals surface area (Å²) in [5.74, 6) is 0.884. The molecular weight excluding hydrogens is 267 g/mol. The molecule has 0 fully saturated rings. The molecule has 0 amide bonds. The maximum atomic E-state index is 2.22. The fourth-order valence-corrected chi connectivity index (χ4v) is 0. The first-order valence-corrected chi connectivity index (χ1v) is 2.27. The van der Waals surface area contributed by atoms with Gasteiger partial charge in [0.15, 0.2) is 0 Å². The van der Waals surface area contributed by atoms with E-state index in [1.54, 1.807) is 0 Å². The third-order valence-electron chi connectivity index (χ3n) is 0.816. The first kappa shape index (κ1) is 10.0. The van der Waals surface area contributed by atoms with Crippen LogP contribution in [0.5, 0.6) is 0 Å². The molecule has 0 unspecified atom stereocenters. The molecule has 0 aromatic heterocycles. The summed E-state index contributed by atoms with van der Waals surface area (Å²) < 4.78 is 0. The molecule has 0 aromatic carbocycles. The van der Waals surface area contributed by atoms with Crippen LogP contribution in [0.1, 0.15) is 27.2 Å². The predicted octanol–water partition coefficient (Wildman–Crippen LogP) is 1.14. The van der Waals surface area contributed by atoms with E-state index in [1.807, 2.05) is 0 Å². The van der Waals surface area contributed by atoms with Gasteiger partial charge in [-0.15, -0.1) is 0 Å². The van der Waals surface area contributed by atoms with Gasteiger partial charge < -0.3 is 0 Å². The minimum absolute atomic E-state index is 0. The fourth-order valence-electron chi connectivity index (χ4n) is 0. The Morgan fingerprint density at radius 3 is 1.50 bits per heavy atom. The van der Waals surface area contributed by atoms with Crippen molar-refractivity contribution in [3.8, 4) is 0 Å². The molecule has 0 nitrogen and oxygen atoms in total. The first-order chi connectivity index (χ1) is 2.27. The van der Waals surface area contributed by atoms with E-state index in [-0.39, 0.29) is 27.3 Å². The van der Waals surface area contributed by atoms with E-state index >= 15 is 0 Å². The average Bonchev–Trinajstić information content (AvgIpc) is 1.38. The van der Waals surface area contributed by atoms with E-state index in [2.05, 4.69) is 20.8 Å².